The number of rotatable bonds is 2. The molecular formula is C8H19N3O. The summed E-state index contributed by atoms with van der Waals surface area (Å²) in [5, 5.41) is 12.2. The SMILES string of the molecule is CNC(O)N1CCC(C)(N)CC1. The van der Waals surface area contributed by atoms with Gasteiger partial charge in [-0.05, 0) is 26.8 Å². The molecule has 1 saturated heterocycles. The highest BCUT2D eigenvalue weighted by Crippen LogP contribution is 2.18. The number of hydrogen-bond acceptors (Lipinski definition) is 4. The van der Waals surface area contributed by atoms with E-state index in [2.05, 4.69) is 12.2 Å². The maximum atomic E-state index is 9.43. The highest BCUT2D eigenvalue weighted by molar-refractivity contribution is 4.85. The van der Waals surface area contributed by atoms with Crippen LogP contribution in [-0.4, -0.2) is 42.0 Å². The van der Waals surface area contributed by atoms with Crippen LogP contribution in [0.3, 0.4) is 0 Å². The van der Waals surface area contributed by atoms with E-state index in [4.69, 9.17) is 5.73 Å². The molecule has 0 bridgehead atoms. The van der Waals surface area contributed by atoms with Gasteiger partial charge in [0.1, 0.15) is 0 Å². The normalized spacial score (nSPS) is 27.0. The Kier molecular flexibility index (Phi) is 3.06. The first-order valence-electron chi connectivity index (χ1n) is 4.43. The molecule has 1 aliphatic heterocycles. The van der Waals surface area contributed by atoms with Crippen molar-refractivity contribution in [1.82, 2.24) is 10.2 Å². The zero-order valence-corrected chi connectivity index (χ0v) is 7.88. The van der Waals surface area contributed by atoms with Crippen molar-refractivity contribution >= 4 is 0 Å². The molecule has 0 aromatic heterocycles. The fraction of sp³-hybridized carbons (Fsp3) is 1.00. The average molecular weight is 173 g/mol. The third-order valence-electron chi connectivity index (χ3n) is 2.54. The Morgan fingerprint density at radius 3 is 2.42 bits per heavy atom. The Labute approximate surface area is 73.7 Å². The van der Waals surface area contributed by atoms with E-state index in [1.54, 1.807) is 7.05 Å². The van der Waals surface area contributed by atoms with Gasteiger partial charge in [0.05, 0.1) is 0 Å². The molecule has 0 spiro atoms. The van der Waals surface area contributed by atoms with Gasteiger partial charge < -0.3 is 10.8 Å². The first-order valence-corrected chi connectivity index (χ1v) is 4.43. The Bertz CT molecular complexity index is 139. The Morgan fingerprint density at radius 1 is 1.50 bits per heavy atom. The van der Waals surface area contributed by atoms with E-state index in [0.29, 0.717) is 0 Å². The summed E-state index contributed by atoms with van der Waals surface area (Å²) in [6.45, 7) is 3.81. The predicted molar refractivity (Wildman–Crippen MR) is 48.5 cm³/mol. The zero-order chi connectivity index (χ0) is 9.19. The molecule has 1 atom stereocenters. The summed E-state index contributed by atoms with van der Waals surface area (Å²) in [5.74, 6) is 0. The fourth-order valence-corrected chi connectivity index (χ4v) is 1.46. The van der Waals surface area contributed by atoms with E-state index in [0.717, 1.165) is 25.9 Å². The van der Waals surface area contributed by atoms with E-state index in [1.807, 2.05) is 4.90 Å². The average Bonchev–Trinajstić information content (AvgIpc) is 2.03. The minimum absolute atomic E-state index is 0.0377. The second-order valence-electron chi connectivity index (χ2n) is 3.85. The molecule has 1 rings (SSSR count). The van der Waals surface area contributed by atoms with E-state index < -0.39 is 6.35 Å². The number of hydrogen-bond donors (Lipinski definition) is 3. The van der Waals surface area contributed by atoms with Crippen molar-refractivity contribution in [3.8, 4) is 0 Å². The molecule has 0 saturated carbocycles. The lowest BCUT2D eigenvalue weighted by Crippen LogP contribution is -2.54. The molecule has 4 nitrogen and oxygen atoms in total. The van der Waals surface area contributed by atoms with Crippen molar-refractivity contribution in [2.45, 2.75) is 31.7 Å². The van der Waals surface area contributed by atoms with Gasteiger partial charge in [0.15, 0.2) is 6.35 Å². The molecule has 0 amide bonds. The van der Waals surface area contributed by atoms with Crippen LogP contribution >= 0.6 is 0 Å². The quantitative estimate of drug-likeness (QED) is 0.483. The first kappa shape index (κ1) is 9.92. The first-order chi connectivity index (χ1) is 5.55. The van der Waals surface area contributed by atoms with E-state index in [-0.39, 0.29) is 5.54 Å². The molecule has 1 heterocycles. The summed E-state index contributed by atoms with van der Waals surface area (Å²) in [6, 6.07) is 0. The molecule has 1 fully saturated rings. The van der Waals surface area contributed by atoms with Crippen LogP contribution in [0.5, 0.6) is 0 Å². The Hall–Kier alpha value is -0.160. The van der Waals surface area contributed by atoms with Crippen molar-refractivity contribution in [2.75, 3.05) is 20.1 Å². The smallest absolute Gasteiger partial charge is 0.162 e. The van der Waals surface area contributed by atoms with E-state index in [9.17, 15) is 5.11 Å². The predicted octanol–water partition coefficient (Wildman–Crippen LogP) is -0.705. The monoisotopic (exact) mass is 173 g/mol. The van der Waals surface area contributed by atoms with Gasteiger partial charge in [0.2, 0.25) is 0 Å². The summed E-state index contributed by atoms with van der Waals surface area (Å²) in [7, 11) is 1.75. The van der Waals surface area contributed by atoms with Crippen LogP contribution in [0.1, 0.15) is 19.8 Å². The molecule has 4 heteroatoms. The number of nitrogens with one attached hydrogen (secondary N) is 1. The van der Waals surface area contributed by atoms with Crippen molar-refractivity contribution in [1.29, 1.82) is 0 Å². The molecule has 1 unspecified atom stereocenters. The summed E-state index contributed by atoms with van der Waals surface area (Å²) >= 11 is 0. The number of likely N-dealkylation sites (tertiary alicyclic amines) is 1. The van der Waals surface area contributed by atoms with Gasteiger partial charge in [0, 0.05) is 18.6 Å². The number of aliphatic hydroxyl groups excluding tert-OH is 1. The third-order valence-corrected chi connectivity index (χ3v) is 2.54. The topological polar surface area (TPSA) is 61.5 Å². The van der Waals surface area contributed by atoms with Gasteiger partial charge in [-0.1, -0.05) is 0 Å². The highest BCUT2D eigenvalue weighted by Gasteiger charge is 2.28. The van der Waals surface area contributed by atoms with Crippen LogP contribution in [0.4, 0.5) is 0 Å². The van der Waals surface area contributed by atoms with Crippen LogP contribution < -0.4 is 11.1 Å². The highest BCUT2D eigenvalue weighted by atomic mass is 16.3. The van der Waals surface area contributed by atoms with Crippen molar-refractivity contribution in [3.05, 3.63) is 0 Å². The standard InChI is InChI=1S/C8H19N3O/c1-8(9)3-5-11(6-4-8)7(12)10-2/h7,10,12H,3-6,9H2,1-2H3. The molecule has 72 valence electrons. The number of nitrogens with two attached hydrogens (primary N) is 1. The third kappa shape index (κ3) is 2.42. The minimum Gasteiger partial charge on any atom is -0.365 e. The maximum absolute atomic E-state index is 9.43. The zero-order valence-electron chi connectivity index (χ0n) is 7.88. The van der Waals surface area contributed by atoms with Gasteiger partial charge >= 0.3 is 0 Å². The lowest BCUT2D eigenvalue weighted by molar-refractivity contribution is -0.0363. The van der Waals surface area contributed by atoms with E-state index >= 15 is 0 Å². The Balaban J connectivity index is 2.36. The van der Waals surface area contributed by atoms with Crippen LogP contribution in [-0.2, 0) is 0 Å². The lowest BCUT2D eigenvalue weighted by Gasteiger charge is -2.38. The van der Waals surface area contributed by atoms with Crippen molar-refractivity contribution < 1.29 is 5.11 Å². The van der Waals surface area contributed by atoms with Crippen LogP contribution in [0.2, 0.25) is 0 Å². The maximum Gasteiger partial charge on any atom is 0.162 e. The molecule has 0 aromatic carbocycles. The van der Waals surface area contributed by atoms with Crippen LogP contribution in [0.25, 0.3) is 0 Å². The van der Waals surface area contributed by atoms with Crippen molar-refractivity contribution in [2.24, 2.45) is 5.73 Å². The summed E-state index contributed by atoms with van der Waals surface area (Å²) < 4.78 is 0. The fourth-order valence-electron chi connectivity index (χ4n) is 1.46. The van der Waals surface area contributed by atoms with Gasteiger partial charge in [-0.25, -0.2) is 0 Å². The van der Waals surface area contributed by atoms with Crippen LogP contribution in [0, 0.1) is 0 Å². The molecule has 0 aliphatic carbocycles. The van der Waals surface area contributed by atoms with E-state index in [1.165, 1.54) is 0 Å². The molecular weight excluding hydrogens is 154 g/mol. The largest absolute Gasteiger partial charge is 0.365 e. The summed E-state index contributed by atoms with van der Waals surface area (Å²) in [6.07, 6.45) is 1.39. The van der Waals surface area contributed by atoms with Gasteiger partial charge in [0.25, 0.3) is 0 Å². The Morgan fingerprint density at radius 2 is 2.00 bits per heavy atom. The molecule has 0 aromatic rings. The summed E-state index contributed by atoms with van der Waals surface area (Å²) in [4.78, 5) is 1.99. The number of aliphatic hydroxyl groups is 1. The molecule has 12 heavy (non-hydrogen) atoms. The molecule has 0 radical (unpaired) electrons. The van der Waals surface area contributed by atoms with Gasteiger partial charge in [-0.2, -0.15) is 0 Å². The van der Waals surface area contributed by atoms with Gasteiger partial charge in [-0.3, -0.25) is 10.2 Å². The second kappa shape index (κ2) is 3.70. The lowest BCUT2D eigenvalue weighted by atomic mass is 9.91. The van der Waals surface area contributed by atoms with Crippen molar-refractivity contribution in [3.63, 3.8) is 0 Å². The minimum atomic E-state index is -0.513. The van der Waals surface area contributed by atoms with Crippen LogP contribution in [0.15, 0.2) is 0 Å². The molecule has 4 N–H and O–H groups in total. The summed E-state index contributed by atoms with van der Waals surface area (Å²) in [5.41, 5.74) is 5.92. The van der Waals surface area contributed by atoms with Gasteiger partial charge in [-0.15, -0.1) is 0 Å². The molecule has 1 aliphatic rings. The number of piperidine rings is 1. The number of nitrogens with zero attached hydrogens (tertiary/aromatic N) is 1. The second-order valence-corrected chi connectivity index (χ2v) is 3.85.